The van der Waals surface area contributed by atoms with E-state index in [-0.39, 0.29) is 11.8 Å². The normalized spacial score (nSPS) is 14.9. The number of aromatic nitrogens is 2. The van der Waals surface area contributed by atoms with Crippen LogP contribution in [0, 0.1) is 6.92 Å². The zero-order valence-corrected chi connectivity index (χ0v) is 16.3. The van der Waals surface area contributed by atoms with Gasteiger partial charge in [-0.25, -0.2) is 4.98 Å². The maximum Gasteiger partial charge on any atom is 0.276 e. The van der Waals surface area contributed by atoms with Crippen LogP contribution >= 0.6 is 0 Å². The first-order chi connectivity index (χ1) is 14.1. The highest BCUT2D eigenvalue weighted by atomic mass is 16.5. The van der Waals surface area contributed by atoms with Gasteiger partial charge in [-0.05, 0) is 19.1 Å². The van der Waals surface area contributed by atoms with Crippen molar-refractivity contribution in [1.82, 2.24) is 25.3 Å². The fourth-order valence-electron chi connectivity index (χ4n) is 3.41. The topological polar surface area (TPSA) is 91.6 Å². The van der Waals surface area contributed by atoms with Crippen LogP contribution in [-0.4, -0.2) is 71.0 Å². The van der Waals surface area contributed by atoms with Gasteiger partial charge in [-0.15, -0.1) is 0 Å². The van der Waals surface area contributed by atoms with Crippen molar-refractivity contribution in [2.75, 3.05) is 39.3 Å². The fraction of sp³-hybridized carbons (Fsp3) is 0.333. The van der Waals surface area contributed by atoms with Gasteiger partial charge < -0.3 is 14.7 Å². The summed E-state index contributed by atoms with van der Waals surface area (Å²) in [6, 6.07) is 13.0. The van der Waals surface area contributed by atoms with E-state index in [1.165, 1.54) is 0 Å². The standard InChI is InChI=1S/C21H23N5O3/c1-15-14-19(24-29-15)21(28)26-12-10-25(11-13-26)9-8-22-20(27)18-7-6-16-4-2-3-5-17(16)23-18/h2-7,14H,8-13H2,1H3,(H,22,27). The van der Waals surface area contributed by atoms with Crippen molar-refractivity contribution in [2.45, 2.75) is 6.92 Å². The van der Waals surface area contributed by atoms with Crippen LogP contribution in [0.5, 0.6) is 0 Å². The summed E-state index contributed by atoms with van der Waals surface area (Å²) in [5.41, 5.74) is 1.58. The van der Waals surface area contributed by atoms with E-state index in [1.54, 1.807) is 24.0 Å². The van der Waals surface area contributed by atoms with Crippen LogP contribution in [0.25, 0.3) is 10.9 Å². The Labute approximate surface area is 168 Å². The van der Waals surface area contributed by atoms with Crippen molar-refractivity contribution in [3.63, 3.8) is 0 Å². The molecule has 0 spiro atoms. The molecule has 2 aromatic heterocycles. The Morgan fingerprint density at radius 3 is 2.62 bits per heavy atom. The molecule has 0 aliphatic carbocycles. The first-order valence-corrected chi connectivity index (χ1v) is 9.69. The number of piperazine rings is 1. The number of aryl methyl sites for hydroxylation is 1. The van der Waals surface area contributed by atoms with Crippen molar-refractivity contribution in [2.24, 2.45) is 0 Å². The average molecular weight is 393 g/mol. The molecule has 4 rings (SSSR count). The molecular weight excluding hydrogens is 370 g/mol. The second-order valence-corrected chi connectivity index (χ2v) is 7.10. The lowest BCUT2D eigenvalue weighted by Gasteiger charge is -2.34. The number of benzene rings is 1. The molecule has 0 atom stereocenters. The maximum absolute atomic E-state index is 12.4. The Morgan fingerprint density at radius 2 is 1.86 bits per heavy atom. The third kappa shape index (κ3) is 4.43. The number of nitrogens with zero attached hydrogens (tertiary/aromatic N) is 4. The van der Waals surface area contributed by atoms with Gasteiger partial charge in [0.05, 0.1) is 5.52 Å². The van der Waals surface area contributed by atoms with E-state index in [0.717, 1.165) is 30.5 Å². The molecule has 29 heavy (non-hydrogen) atoms. The van der Waals surface area contributed by atoms with Gasteiger partial charge in [-0.1, -0.05) is 29.4 Å². The predicted octanol–water partition coefficient (Wildman–Crippen LogP) is 1.72. The molecule has 0 unspecified atom stereocenters. The van der Waals surface area contributed by atoms with Gasteiger partial charge in [-0.2, -0.15) is 0 Å². The summed E-state index contributed by atoms with van der Waals surface area (Å²) in [7, 11) is 0. The van der Waals surface area contributed by atoms with Crippen LogP contribution in [-0.2, 0) is 0 Å². The lowest BCUT2D eigenvalue weighted by Crippen LogP contribution is -2.50. The monoisotopic (exact) mass is 393 g/mol. The minimum Gasteiger partial charge on any atom is -0.361 e. The fourth-order valence-corrected chi connectivity index (χ4v) is 3.41. The van der Waals surface area contributed by atoms with Crippen molar-refractivity contribution < 1.29 is 14.1 Å². The second-order valence-electron chi connectivity index (χ2n) is 7.10. The number of carbonyl (C=O) groups excluding carboxylic acids is 2. The Hall–Kier alpha value is -3.26. The Kier molecular flexibility index (Phi) is 5.53. The Morgan fingerprint density at radius 1 is 1.07 bits per heavy atom. The van der Waals surface area contributed by atoms with Crippen LogP contribution in [0.3, 0.4) is 0 Å². The SMILES string of the molecule is Cc1cc(C(=O)N2CCN(CCNC(=O)c3ccc4ccccc4n3)CC2)no1. The molecule has 8 nitrogen and oxygen atoms in total. The molecule has 1 aromatic carbocycles. The highest BCUT2D eigenvalue weighted by Crippen LogP contribution is 2.12. The van der Waals surface area contributed by atoms with Crippen molar-refractivity contribution in [3.8, 4) is 0 Å². The number of hydrogen-bond acceptors (Lipinski definition) is 6. The number of para-hydroxylation sites is 1. The van der Waals surface area contributed by atoms with Gasteiger partial charge >= 0.3 is 0 Å². The van der Waals surface area contributed by atoms with E-state index in [0.29, 0.717) is 36.8 Å². The lowest BCUT2D eigenvalue weighted by molar-refractivity contribution is 0.0628. The van der Waals surface area contributed by atoms with Crippen molar-refractivity contribution in [1.29, 1.82) is 0 Å². The lowest BCUT2D eigenvalue weighted by atomic mass is 10.2. The summed E-state index contributed by atoms with van der Waals surface area (Å²) in [4.78, 5) is 33.2. The Bertz CT molecular complexity index is 1020. The Balaban J connectivity index is 1.23. The largest absolute Gasteiger partial charge is 0.361 e. The summed E-state index contributed by atoms with van der Waals surface area (Å²) in [5, 5.41) is 7.73. The van der Waals surface area contributed by atoms with Crippen molar-refractivity contribution >= 4 is 22.7 Å². The highest BCUT2D eigenvalue weighted by Gasteiger charge is 2.24. The van der Waals surface area contributed by atoms with Gasteiger partial charge in [0.1, 0.15) is 11.5 Å². The summed E-state index contributed by atoms with van der Waals surface area (Å²) >= 11 is 0. The molecule has 150 valence electrons. The summed E-state index contributed by atoms with van der Waals surface area (Å²) in [5.74, 6) is 0.354. The predicted molar refractivity (Wildman–Crippen MR) is 108 cm³/mol. The second kappa shape index (κ2) is 8.40. The molecule has 0 saturated carbocycles. The summed E-state index contributed by atoms with van der Waals surface area (Å²) in [6.07, 6.45) is 0. The quantitative estimate of drug-likeness (QED) is 0.710. The van der Waals surface area contributed by atoms with E-state index in [2.05, 4.69) is 20.4 Å². The minimum atomic E-state index is -0.175. The van der Waals surface area contributed by atoms with Crippen LogP contribution in [0.1, 0.15) is 26.7 Å². The molecule has 1 aliphatic heterocycles. The van der Waals surface area contributed by atoms with Gasteiger partial charge in [0.25, 0.3) is 11.8 Å². The van der Waals surface area contributed by atoms with E-state index in [1.807, 2.05) is 30.3 Å². The van der Waals surface area contributed by atoms with Gasteiger partial charge in [0, 0.05) is 50.7 Å². The van der Waals surface area contributed by atoms with Gasteiger partial charge in [-0.3, -0.25) is 14.5 Å². The number of carbonyl (C=O) groups is 2. The number of amides is 2. The molecule has 1 saturated heterocycles. The molecule has 8 heteroatoms. The number of fused-ring (bicyclic) bond motifs is 1. The third-order valence-electron chi connectivity index (χ3n) is 5.05. The number of rotatable bonds is 5. The van der Waals surface area contributed by atoms with E-state index in [4.69, 9.17) is 4.52 Å². The molecule has 2 amide bonds. The van der Waals surface area contributed by atoms with Crippen LogP contribution in [0.2, 0.25) is 0 Å². The molecule has 1 aliphatic rings. The minimum absolute atomic E-state index is 0.0998. The number of pyridine rings is 1. The molecule has 1 N–H and O–H groups in total. The summed E-state index contributed by atoms with van der Waals surface area (Å²) < 4.78 is 4.98. The maximum atomic E-state index is 12.4. The average Bonchev–Trinajstić information content (AvgIpc) is 3.19. The third-order valence-corrected chi connectivity index (χ3v) is 5.05. The molecule has 3 heterocycles. The van der Waals surface area contributed by atoms with E-state index < -0.39 is 0 Å². The smallest absolute Gasteiger partial charge is 0.276 e. The van der Waals surface area contributed by atoms with Gasteiger partial charge in [0.2, 0.25) is 0 Å². The first kappa shape index (κ1) is 19.1. The number of nitrogens with one attached hydrogen (secondary N) is 1. The van der Waals surface area contributed by atoms with Crippen LogP contribution in [0.15, 0.2) is 47.0 Å². The van der Waals surface area contributed by atoms with Crippen molar-refractivity contribution in [3.05, 3.63) is 59.6 Å². The zero-order valence-electron chi connectivity index (χ0n) is 16.3. The molecule has 0 radical (unpaired) electrons. The van der Waals surface area contributed by atoms with Gasteiger partial charge in [0.15, 0.2) is 5.69 Å². The van der Waals surface area contributed by atoms with Crippen LogP contribution in [0.4, 0.5) is 0 Å². The molecule has 3 aromatic rings. The zero-order chi connectivity index (χ0) is 20.2. The van der Waals surface area contributed by atoms with Crippen LogP contribution < -0.4 is 5.32 Å². The van der Waals surface area contributed by atoms with E-state index >= 15 is 0 Å². The van der Waals surface area contributed by atoms with E-state index in [9.17, 15) is 9.59 Å². The molecular formula is C21H23N5O3. The summed E-state index contributed by atoms with van der Waals surface area (Å²) in [6.45, 7) is 5.80. The molecule has 1 fully saturated rings. The number of hydrogen-bond donors (Lipinski definition) is 1. The first-order valence-electron chi connectivity index (χ1n) is 9.69. The molecule has 0 bridgehead atoms. The highest BCUT2D eigenvalue weighted by molar-refractivity contribution is 5.94.